The highest BCUT2D eigenvalue weighted by Gasteiger charge is 2.40. The molecule has 33 heavy (non-hydrogen) atoms. The fourth-order valence-corrected chi connectivity index (χ4v) is 4.46. The summed E-state index contributed by atoms with van der Waals surface area (Å²) >= 11 is 0. The van der Waals surface area contributed by atoms with Gasteiger partial charge in [-0.3, -0.25) is 0 Å². The Balaban J connectivity index is 1.18. The molecule has 0 spiro atoms. The Morgan fingerprint density at radius 3 is 2.61 bits per heavy atom. The lowest BCUT2D eigenvalue weighted by molar-refractivity contribution is 0.193. The van der Waals surface area contributed by atoms with Crippen LogP contribution >= 0.6 is 0 Å². The number of piperazine rings is 1. The number of amides is 2. The SMILES string of the molecule is CCOc1cc(N2CCN(C(=O)N[C@H]3C[C@@H]3c3ccccc3)CC2)ccc1-n1cnc(C)n1. The van der Waals surface area contributed by atoms with Crippen LogP contribution in [0.5, 0.6) is 5.75 Å². The second-order valence-electron chi connectivity index (χ2n) is 8.60. The number of anilines is 1. The number of hydrogen-bond donors (Lipinski definition) is 1. The Morgan fingerprint density at radius 2 is 1.91 bits per heavy atom. The van der Waals surface area contributed by atoms with Crippen molar-refractivity contribution in [2.24, 2.45) is 0 Å². The molecule has 2 aliphatic rings. The zero-order chi connectivity index (χ0) is 22.8. The number of aryl methyl sites for hydroxylation is 1. The number of benzene rings is 2. The minimum Gasteiger partial charge on any atom is -0.492 e. The second kappa shape index (κ2) is 9.13. The standard InChI is InChI=1S/C25H30N6O2/c1-3-33-24-15-20(9-10-23(24)31-17-26-18(2)28-31)29-11-13-30(14-12-29)25(32)27-22-16-21(22)19-7-5-4-6-8-19/h4-10,15,17,21-22H,3,11-14,16H2,1-2H3,(H,27,32)/t21-,22+/m1/s1. The third-order valence-corrected chi connectivity index (χ3v) is 6.36. The van der Waals surface area contributed by atoms with E-state index in [0.29, 0.717) is 25.6 Å². The average molecular weight is 447 g/mol. The van der Waals surface area contributed by atoms with E-state index in [1.807, 2.05) is 30.9 Å². The first-order valence-electron chi connectivity index (χ1n) is 11.6. The van der Waals surface area contributed by atoms with Crippen molar-refractivity contribution in [3.63, 3.8) is 0 Å². The van der Waals surface area contributed by atoms with Crippen LogP contribution < -0.4 is 15.0 Å². The number of hydrogen-bond acceptors (Lipinski definition) is 5. The molecule has 1 N–H and O–H groups in total. The van der Waals surface area contributed by atoms with Crippen LogP contribution in [0.3, 0.4) is 0 Å². The van der Waals surface area contributed by atoms with E-state index < -0.39 is 0 Å². The lowest BCUT2D eigenvalue weighted by Crippen LogP contribution is -2.52. The maximum atomic E-state index is 12.8. The molecule has 1 saturated carbocycles. The van der Waals surface area contributed by atoms with Gasteiger partial charge in [-0.1, -0.05) is 30.3 Å². The van der Waals surface area contributed by atoms with Crippen molar-refractivity contribution in [2.45, 2.75) is 32.2 Å². The maximum Gasteiger partial charge on any atom is 0.317 e. The Kier molecular flexibility index (Phi) is 5.90. The van der Waals surface area contributed by atoms with Crippen LogP contribution in [0.1, 0.15) is 30.7 Å². The van der Waals surface area contributed by atoms with Crippen LogP contribution in [0.15, 0.2) is 54.9 Å². The van der Waals surface area contributed by atoms with Crippen LogP contribution in [-0.4, -0.2) is 64.5 Å². The molecule has 0 radical (unpaired) electrons. The van der Waals surface area contributed by atoms with E-state index >= 15 is 0 Å². The van der Waals surface area contributed by atoms with Gasteiger partial charge in [0.05, 0.1) is 6.61 Å². The topological polar surface area (TPSA) is 75.5 Å². The van der Waals surface area contributed by atoms with Gasteiger partial charge in [0.2, 0.25) is 0 Å². The lowest BCUT2D eigenvalue weighted by Gasteiger charge is -2.36. The van der Waals surface area contributed by atoms with E-state index in [9.17, 15) is 4.79 Å². The summed E-state index contributed by atoms with van der Waals surface area (Å²) in [7, 11) is 0. The van der Waals surface area contributed by atoms with Gasteiger partial charge in [-0.05, 0) is 38.0 Å². The van der Waals surface area contributed by atoms with Gasteiger partial charge >= 0.3 is 6.03 Å². The van der Waals surface area contributed by atoms with E-state index in [2.05, 4.69) is 56.7 Å². The van der Waals surface area contributed by atoms with Crippen molar-refractivity contribution < 1.29 is 9.53 Å². The van der Waals surface area contributed by atoms with Crippen molar-refractivity contribution in [3.05, 3.63) is 66.2 Å². The predicted octanol–water partition coefficient (Wildman–Crippen LogP) is 3.36. The molecule has 1 aliphatic heterocycles. The third-order valence-electron chi connectivity index (χ3n) is 6.36. The molecule has 172 valence electrons. The van der Waals surface area contributed by atoms with E-state index in [1.54, 1.807) is 11.0 Å². The minimum absolute atomic E-state index is 0.0463. The summed E-state index contributed by atoms with van der Waals surface area (Å²) in [5.74, 6) is 1.94. The van der Waals surface area contributed by atoms with Crippen LogP contribution in [0.25, 0.3) is 5.69 Å². The summed E-state index contributed by atoms with van der Waals surface area (Å²) in [6.07, 6.45) is 2.72. The molecular weight excluding hydrogens is 416 g/mol. The average Bonchev–Trinajstić information content (AvgIpc) is 3.48. The molecule has 0 unspecified atom stereocenters. The summed E-state index contributed by atoms with van der Waals surface area (Å²) in [6.45, 7) is 7.38. The van der Waals surface area contributed by atoms with Crippen LogP contribution in [0, 0.1) is 6.92 Å². The van der Waals surface area contributed by atoms with Crippen molar-refractivity contribution in [2.75, 3.05) is 37.7 Å². The van der Waals surface area contributed by atoms with E-state index in [0.717, 1.165) is 42.5 Å². The summed E-state index contributed by atoms with van der Waals surface area (Å²) in [5, 5.41) is 7.62. The van der Waals surface area contributed by atoms with Crippen molar-refractivity contribution >= 4 is 11.7 Å². The highest BCUT2D eigenvalue weighted by molar-refractivity contribution is 5.75. The molecule has 1 aromatic heterocycles. The number of carbonyl (C=O) groups is 1. The van der Waals surface area contributed by atoms with Gasteiger partial charge in [0, 0.05) is 49.9 Å². The molecule has 2 aromatic carbocycles. The molecule has 2 fully saturated rings. The minimum atomic E-state index is 0.0463. The van der Waals surface area contributed by atoms with Crippen molar-refractivity contribution in [1.29, 1.82) is 0 Å². The molecule has 0 bridgehead atoms. The molecule has 8 heteroatoms. The summed E-state index contributed by atoms with van der Waals surface area (Å²) < 4.78 is 7.64. The highest BCUT2D eigenvalue weighted by Crippen LogP contribution is 2.40. The normalized spacial score (nSPS) is 19.9. The number of ether oxygens (including phenoxy) is 1. The van der Waals surface area contributed by atoms with E-state index in [4.69, 9.17) is 4.74 Å². The van der Waals surface area contributed by atoms with Gasteiger partial charge in [0.15, 0.2) is 0 Å². The van der Waals surface area contributed by atoms with Gasteiger partial charge in [-0.15, -0.1) is 0 Å². The quantitative estimate of drug-likeness (QED) is 0.628. The molecule has 1 aliphatic carbocycles. The Hall–Kier alpha value is -3.55. The Labute approximate surface area is 194 Å². The third kappa shape index (κ3) is 4.65. The van der Waals surface area contributed by atoms with Gasteiger partial charge in [-0.25, -0.2) is 14.5 Å². The molecule has 8 nitrogen and oxygen atoms in total. The second-order valence-corrected chi connectivity index (χ2v) is 8.60. The fraction of sp³-hybridized carbons (Fsp3) is 0.400. The lowest BCUT2D eigenvalue weighted by atomic mass is 10.1. The van der Waals surface area contributed by atoms with E-state index in [1.165, 1.54) is 5.56 Å². The monoisotopic (exact) mass is 446 g/mol. The number of nitrogens with one attached hydrogen (secondary N) is 1. The number of rotatable bonds is 6. The van der Waals surface area contributed by atoms with Gasteiger partial charge in [0.1, 0.15) is 23.6 Å². The summed E-state index contributed by atoms with van der Waals surface area (Å²) in [4.78, 5) is 21.2. The smallest absolute Gasteiger partial charge is 0.317 e. The molecule has 1 saturated heterocycles. The largest absolute Gasteiger partial charge is 0.492 e. The molecule has 2 amide bonds. The van der Waals surface area contributed by atoms with Crippen LogP contribution in [-0.2, 0) is 0 Å². The predicted molar refractivity (Wildman–Crippen MR) is 127 cm³/mol. The van der Waals surface area contributed by atoms with Crippen LogP contribution in [0.4, 0.5) is 10.5 Å². The first kappa shape index (κ1) is 21.3. The zero-order valence-electron chi connectivity index (χ0n) is 19.1. The molecular formula is C25H30N6O2. The number of nitrogens with zero attached hydrogens (tertiary/aromatic N) is 5. The van der Waals surface area contributed by atoms with Crippen molar-refractivity contribution in [1.82, 2.24) is 25.0 Å². The first-order chi connectivity index (χ1) is 16.1. The van der Waals surface area contributed by atoms with Gasteiger partial charge in [-0.2, -0.15) is 5.10 Å². The highest BCUT2D eigenvalue weighted by atomic mass is 16.5. The Bertz CT molecular complexity index is 1110. The Morgan fingerprint density at radius 1 is 1.12 bits per heavy atom. The summed E-state index contributed by atoms with van der Waals surface area (Å²) in [5.41, 5.74) is 3.27. The molecule has 3 aromatic rings. The first-order valence-corrected chi connectivity index (χ1v) is 11.6. The molecule has 5 rings (SSSR count). The van der Waals surface area contributed by atoms with E-state index in [-0.39, 0.29) is 12.1 Å². The van der Waals surface area contributed by atoms with Gasteiger partial charge in [0.25, 0.3) is 0 Å². The zero-order valence-corrected chi connectivity index (χ0v) is 19.1. The van der Waals surface area contributed by atoms with Crippen molar-refractivity contribution in [3.8, 4) is 11.4 Å². The molecule has 2 atom stereocenters. The number of aromatic nitrogens is 3. The maximum absolute atomic E-state index is 12.8. The number of urea groups is 1. The molecule has 2 heterocycles. The summed E-state index contributed by atoms with van der Waals surface area (Å²) in [6, 6.07) is 16.9. The van der Waals surface area contributed by atoms with Crippen LogP contribution in [0.2, 0.25) is 0 Å². The van der Waals surface area contributed by atoms with Gasteiger partial charge < -0.3 is 19.9 Å². The number of carbonyl (C=O) groups excluding carboxylic acids is 1. The fourth-order valence-electron chi connectivity index (χ4n) is 4.46.